The van der Waals surface area contributed by atoms with Crippen molar-refractivity contribution >= 4 is 11.6 Å². The Labute approximate surface area is 128 Å². The summed E-state index contributed by atoms with van der Waals surface area (Å²) < 4.78 is 1.91. The molecule has 1 aromatic heterocycles. The van der Waals surface area contributed by atoms with Gasteiger partial charge < -0.3 is 5.73 Å². The molecule has 0 amide bonds. The number of aryl methyl sites for hydroxylation is 1. The van der Waals surface area contributed by atoms with E-state index in [-0.39, 0.29) is 6.04 Å². The first kappa shape index (κ1) is 13.8. The molecule has 106 valence electrons. The Bertz CT molecular complexity index is 752. The van der Waals surface area contributed by atoms with Crippen molar-refractivity contribution in [2.75, 3.05) is 0 Å². The summed E-state index contributed by atoms with van der Waals surface area (Å²) in [7, 11) is 0. The Hall–Kier alpha value is -2.17. The van der Waals surface area contributed by atoms with Gasteiger partial charge in [-0.3, -0.25) is 4.57 Å². The van der Waals surface area contributed by atoms with Crippen molar-refractivity contribution in [2.24, 2.45) is 5.73 Å². The van der Waals surface area contributed by atoms with Crippen molar-refractivity contribution in [1.82, 2.24) is 14.8 Å². The number of benzene rings is 2. The molecule has 0 fully saturated rings. The molecule has 21 heavy (non-hydrogen) atoms. The third-order valence-electron chi connectivity index (χ3n) is 3.46. The maximum atomic E-state index is 6.43. The number of nitrogens with two attached hydrogens (primary N) is 1. The molecular formula is C16H15ClN4. The lowest BCUT2D eigenvalue weighted by molar-refractivity contribution is 0.843. The van der Waals surface area contributed by atoms with Crippen LogP contribution in [0.2, 0.25) is 5.02 Å². The molecule has 0 bridgehead atoms. The number of hydrogen-bond acceptors (Lipinski definition) is 3. The normalized spacial score (nSPS) is 12.3. The van der Waals surface area contributed by atoms with Crippen molar-refractivity contribution in [2.45, 2.75) is 13.0 Å². The van der Waals surface area contributed by atoms with Crippen molar-refractivity contribution in [3.8, 4) is 5.69 Å². The summed E-state index contributed by atoms with van der Waals surface area (Å²) in [6.45, 7) is 1.90. The minimum atomic E-state index is -0.262. The first-order valence-corrected chi connectivity index (χ1v) is 7.01. The van der Waals surface area contributed by atoms with E-state index in [1.54, 1.807) is 6.33 Å². The van der Waals surface area contributed by atoms with E-state index in [1.807, 2.05) is 60.0 Å². The van der Waals surface area contributed by atoms with E-state index in [9.17, 15) is 0 Å². The molecule has 0 aliphatic carbocycles. The lowest BCUT2D eigenvalue weighted by atomic mass is 9.98. The van der Waals surface area contributed by atoms with Crippen LogP contribution in [0.25, 0.3) is 5.69 Å². The van der Waals surface area contributed by atoms with Gasteiger partial charge in [-0.25, -0.2) is 0 Å². The number of rotatable bonds is 3. The first-order valence-electron chi connectivity index (χ1n) is 6.64. The third kappa shape index (κ3) is 2.68. The Kier molecular flexibility index (Phi) is 3.73. The SMILES string of the molecule is Cc1nncn1-c1ccc(Cl)cc1C(N)c1ccccc1. The quantitative estimate of drug-likeness (QED) is 0.807. The van der Waals surface area contributed by atoms with E-state index >= 15 is 0 Å². The zero-order chi connectivity index (χ0) is 14.8. The van der Waals surface area contributed by atoms with Crippen LogP contribution in [0.15, 0.2) is 54.9 Å². The van der Waals surface area contributed by atoms with E-state index in [1.165, 1.54) is 0 Å². The maximum Gasteiger partial charge on any atom is 0.134 e. The standard InChI is InChI=1S/C16H15ClN4/c1-11-20-19-10-21(11)15-8-7-13(17)9-14(15)16(18)12-5-3-2-4-6-12/h2-10,16H,18H2,1H3. The van der Waals surface area contributed by atoms with Gasteiger partial charge in [0.2, 0.25) is 0 Å². The molecular weight excluding hydrogens is 284 g/mol. The molecule has 5 heteroatoms. The molecule has 0 radical (unpaired) electrons. The van der Waals surface area contributed by atoms with Crippen molar-refractivity contribution < 1.29 is 0 Å². The Morgan fingerprint density at radius 1 is 1.14 bits per heavy atom. The summed E-state index contributed by atoms with van der Waals surface area (Å²) in [4.78, 5) is 0. The Morgan fingerprint density at radius 3 is 2.57 bits per heavy atom. The average Bonchev–Trinajstić information content (AvgIpc) is 2.93. The fourth-order valence-corrected chi connectivity index (χ4v) is 2.54. The second-order valence-electron chi connectivity index (χ2n) is 4.84. The van der Waals surface area contributed by atoms with Gasteiger partial charge in [0.05, 0.1) is 11.7 Å². The van der Waals surface area contributed by atoms with Gasteiger partial charge in [0.15, 0.2) is 0 Å². The first-order chi connectivity index (χ1) is 10.2. The number of halogens is 1. The van der Waals surface area contributed by atoms with Crippen LogP contribution in [0.3, 0.4) is 0 Å². The highest BCUT2D eigenvalue weighted by Gasteiger charge is 2.16. The molecule has 4 nitrogen and oxygen atoms in total. The summed E-state index contributed by atoms with van der Waals surface area (Å²) in [5.74, 6) is 0.804. The lowest BCUT2D eigenvalue weighted by Crippen LogP contribution is -2.15. The number of hydrogen-bond donors (Lipinski definition) is 1. The molecule has 0 aliphatic rings. The molecule has 1 unspecified atom stereocenters. The van der Waals surface area contributed by atoms with Gasteiger partial charge in [-0.15, -0.1) is 10.2 Å². The Morgan fingerprint density at radius 2 is 1.90 bits per heavy atom. The lowest BCUT2D eigenvalue weighted by Gasteiger charge is -2.18. The van der Waals surface area contributed by atoms with Crippen LogP contribution >= 0.6 is 11.6 Å². The van der Waals surface area contributed by atoms with Gasteiger partial charge >= 0.3 is 0 Å². The van der Waals surface area contributed by atoms with Crippen molar-refractivity contribution in [3.05, 3.63) is 76.8 Å². The van der Waals surface area contributed by atoms with Gasteiger partial charge in [-0.05, 0) is 36.2 Å². The van der Waals surface area contributed by atoms with Crippen LogP contribution < -0.4 is 5.73 Å². The highest BCUT2D eigenvalue weighted by Crippen LogP contribution is 2.28. The van der Waals surface area contributed by atoms with Crippen LogP contribution in [0.5, 0.6) is 0 Å². The highest BCUT2D eigenvalue weighted by molar-refractivity contribution is 6.30. The summed E-state index contributed by atoms with van der Waals surface area (Å²) in [6.07, 6.45) is 1.68. The average molecular weight is 299 g/mol. The van der Waals surface area contributed by atoms with E-state index in [2.05, 4.69) is 10.2 Å². The van der Waals surface area contributed by atoms with Crippen molar-refractivity contribution in [3.63, 3.8) is 0 Å². The molecule has 3 aromatic rings. The molecule has 0 spiro atoms. The van der Waals surface area contributed by atoms with E-state index in [0.717, 1.165) is 22.6 Å². The van der Waals surface area contributed by atoms with Crippen LogP contribution in [-0.2, 0) is 0 Å². The Balaban J connectivity index is 2.14. The smallest absolute Gasteiger partial charge is 0.134 e. The summed E-state index contributed by atoms with van der Waals surface area (Å²) in [6, 6.07) is 15.4. The molecule has 3 rings (SSSR count). The molecule has 0 saturated carbocycles. The largest absolute Gasteiger partial charge is 0.320 e. The second kappa shape index (κ2) is 5.68. The van der Waals surface area contributed by atoms with Crippen LogP contribution in [0.1, 0.15) is 23.0 Å². The minimum Gasteiger partial charge on any atom is -0.320 e. The topological polar surface area (TPSA) is 56.7 Å². The summed E-state index contributed by atoms with van der Waals surface area (Å²) >= 11 is 6.15. The van der Waals surface area contributed by atoms with E-state index < -0.39 is 0 Å². The fraction of sp³-hybridized carbons (Fsp3) is 0.125. The van der Waals surface area contributed by atoms with Crippen LogP contribution in [0.4, 0.5) is 0 Å². The summed E-state index contributed by atoms with van der Waals surface area (Å²) in [5, 5.41) is 8.62. The predicted molar refractivity (Wildman–Crippen MR) is 83.6 cm³/mol. The number of aromatic nitrogens is 3. The molecule has 2 N–H and O–H groups in total. The number of nitrogens with zero attached hydrogens (tertiary/aromatic N) is 3. The molecule has 2 aromatic carbocycles. The molecule has 1 atom stereocenters. The molecule has 1 heterocycles. The summed E-state index contributed by atoms with van der Waals surface area (Å²) in [5.41, 5.74) is 9.35. The predicted octanol–water partition coefficient (Wildman–Crippen LogP) is 3.28. The molecule has 0 saturated heterocycles. The van der Waals surface area contributed by atoms with Gasteiger partial charge in [0.1, 0.15) is 12.2 Å². The van der Waals surface area contributed by atoms with Crippen LogP contribution in [0, 0.1) is 6.92 Å². The zero-order valence-corrected chi connectivity index (χ0v) is 12.3. The molecule has 0 aliphatic heterocycles. The maximum absolute atomic E-state index is 6.43. The van der Waals surface area contributed by atoms with Crippen LogP contribution in [-0.4, -0.2) is 14.8 Å². The van der Waals surface area contributed by atoms with Gasteiger partial charge in [0.25, 0.3) is 0 Å². The van der Waals surface area contributed by atoms with Gasteiger partial charge in [0, 0.05) is 5.02 Å². The van der Waals surface area contributed by atoms with Gasteiger partial charge in [-0.2, -0.15) is 0 Å². The third-order valence-corrected chi connectivity index (χ3v) is 3.70. The zero-order valence-electron chi connectivity index (χ0n) is 11.6. The second-order valence-corrected chi connectivity index (χ2v) is 5.28. The van der Waals surface area contributed by atoms with E-state index in [4.69, 9.17) is 17.3 Å². The minimum absolute atomic E-state index is 0.262. The monoisotopic (exact) mass is 298 g/mol. The fourth-order valence-electron chi connectivity index (χ4n) is 2.36. The van der Waals surface area contributed by atoms with E-state index in [0.29, 0.717) is 5.02 Å². The highest BCUT2D eigenvalue weighted by atomic mass is 35.5. The van der Waals surface area contributed by atoms with Crippen molar-refractivity contribution in [1.29, 1.82) is 0 Å². The van der Waals surface area contributed by atoms with Gasteiger partial charge in [-0.1, -0.05) is 41.9 Å².